The SMILES string of the molecule is CC(C)c1nc([C@H]2CCCN2Cc2ncc[nH]2)no1. The van der Waals surface area contributed by atoms with E-state index in [2.05, 4.69) is 38.9 Å². The van der Waals surface area contributed by atoms with Crippen molar-refractivity contribution in [3.05, 3.63) is 29.9 Å². The van der Waals surface area contributed by atoms with Crippen LogP contribution in [0.4, 0.5) is 0 Å². The minimum absolute atomic E-state index is 0.251. The molecule has 0 spiro atoms. The van der Waals surface area contributed by atoms with Gasteiger partial charge in [0.2, 0.25) is 5.89 Å². The molecule has 2 aromatic rings. The molecule has 0 aromatic carbocycles. The number of nitrogens with zero attached hydrogens (tertiary/aromatic N) is 4. The van der Waals surface area contributed by atoms with E-state index in [-0.39, 0.29) is 12.0 Å². The van der Waals surface area contributed by atoms with Gasteiger partial charge in [0.1, 0.15) is 5.82 Å². The minimum atomic E-state index is 0.251. The molecule has 0 radical (unpaired) electrons. The van der Waals surface area contributed by atoms with E-state index in [1.54, 1.807) is 6.20 Å². The van der Waals surface area contributed by atoms with Gasteiger partial charge in [0, 0.05) is 18.3 Å². The molecule has 3 rings (SSSR count). The van der Waals surface area contributed by atoms with E-state index in [4.69, 9.17) is 4.52 Å². The van der Waals surface area contributed by atoms with Crippen LogP contribution in [0.25, 0.3) is 0 Å². The Bertz CT molecular complexity index is 519. The monoisotopic (exact) mass is 261 g/mol. The summed E-state index contributed by atoms with van der Waals surface area (Å²) in [6.45, 7) is 5.99. The Labute approximate surface area is 112 Å². The van der Waals surface area contributed by atoms with Gasteiger partial charge in [-0.3, -0.25) is 4.90 Å². The maximum Gasteiger partial charge on any atom is 0.229 e. The van der Waals surface area contributed by atoms with Crippen molar-refractivity contribution in [1.29, 1.82) is 0 Å². The van der Waals surface area contributed by atoms with Gasteiger partial charge >= 0.3 is 0 Å². The summed E-state index contributed by atoms with van der Waals surface area (Å²) >= 11 is 0. The molecule has 6 nitrogen and oxygen atoms in total. The molecule has 1 fully saturated rings. The number of aromatic amines is 1. The van der Waals surface area contributed by atoms with Crippen molar-refractivity contribution in [3.8, 4) is 0 Å². The van der Waals surface area contributed by atoms with Gasteiger partial charge in [-0.2, -0.15) is 4.98 Å². The van der Waals surface area contributed by atoms with Crippen LogP contribution in [0, 0.1) is 0 Å². The average molecular weight is 261 g/mol. The summed E-state index contributed by atoms with van der Waals surface area (Å²) in [6.07, 6.45) is 5.88. The quantitative estimate of drug-likeness (QED) is 0.914. The second-order valence-corrected chi connectivity index (χ2v) is 5.31. The molecule has 0 saturated carbocycles. The molecule has 6 heteroatoms. The topological polar surface area (TPSA) is 70.8 Å². The lowest BCUT2D eigenvalue weighted by Gasteiger charge is -2.20. The highest BCUT2D eigenvalue weighted by molar-refractivity contribution is 5.01. The van der Waals surface area contributed by atoms with Crippen LogP contribution in [0.15, 0.2) is 16.9 Å². The van der Waals surface area contributed by atoms with Crippen LogP contribution < -0.4 is 0 Å². The lowest BCUT2D eigenvalue weighted by atomic mass is 10.2. The van der Waals surface area contributed by atoms with E-state index in [1.807, 2.05) is 6.20 Å². The summed E-state index contributed by atoms with van der Waals surface area (Å²) in [7, 11) is 0. The molecule has 0 amide bonds. The zero-order valence-corrected chi connectivity index (χ0v) is 11.3. The molecule has 0 unspecified atom stereocenters. The number of hydrogen-bond donors (Lipinski definition) is 1. The Balaban J connectivity index is 1.74. The second-order valence-electron chi connectivity index (χ2n) is 5.31. The first-order valence-electron chi connectivity index (χ1n) is 6.80. The smallest absolute Gasteiger partial charge is 0.229 e. The van der Waals surface area contributed by atoms with Gasteiger partial charge in [0.25, 0.3) is 0 Å². The molecule has 19 heavy (non-hydrogen) atoms. The van der Waals surface area contributed by atoms with Crippen molar-refractivity contribution < 1.29 is 4.52 Å². The van der Waals surface area contributed by atoms with Crippen molar-refractivity contribution in [3.63, 3.8) is 0 Å². The molecular weight excluding hydrogens is 242 g/mol. The number of imidazole rings is 1. The third-order valence-corrected chi connectivity index (χ3v) is 3.52. The fourth-order valence-corrected chi connectivity index (χ4v) is 2.50. The molecular formula is C13H19N5O. The van der Waals surface area contributed by atoms with E-state index in [0.29, 0.717) is 0 Å². The highest BCUT2D eigenvalue weighted by Gasteiger charge is 2.30. The van der Waals surface area contributed by atoms with E-state index in [9.17, 15) is 0 Å². The number of rotatable bonds is 4. The van der Waals surface area contributed by atoms with E-state index in [0.717, 1.165) is 43.5 Å². The van der Waals surface area contributed by atoms with Crippen molar-refractivity contribution in [2.24, 2.45) is 0 Å². The Kier molecular flexibility index (Phi) is 3.33. The Hall–Kier alpha value is -1.69. The van der Waals surface area contributed by atoms with Crippen LogP contribution in [0.2, 0.25) is 0 Å². The molecule has 102 valence electrons. The first-order valence-corrected chi connectivity index (χ1v) is 6.80. The van der Waals surface area contributed by atoms with E-state index in [1.165, 1.54) is 0 Å². The number of H-pyrrole nitrogens is 1. The molecule has 1 aliphatic rings. The average Bonchev–Trinajstić information content (AvgIpc) is 3.09. The summed E-state index contributed by atoms with van der Waals surface area (Å²) in [5.41, 5.74) is 0. The lowest BCUT2D eigenvalue weighted by molar-refractivity contribution is 0.229. The fraction of sp³-hybridized carbons (Fsp3) is 0.615. The number of likely N-dealkylation sites (tertiary alicyclic amines) is 1. The minimum Gasteiger partial charge on any atom is -0.348 e. The first-order chi connectivity index (χ1) is 9.24. The van der Waals surface area contributed by atoms with Crippen LogP contribution in [0.3, 0.4) is 0 Å². The molecule has 1 N–H and O–H groups in total. The second kappa shape index (κ2) is 5.13. The van der Waals surface area contributed by atoms with Crippen molar-refractivity contribution in [1.82, 2.24) is 25.0 Å². The number of nitrogens with one attached hydrogen (secondary N) is 1. The van der Waals surface area contributed by atoms with Crippen LogP contribution in [0.1, 0.15) is 56.2 Å². The largest absolute Gasteiger partial charge is 0.348 e. The molecule has 1 saturated heterocycles. The fourth-order valence-electron chi connectivity index (χ4n) is 2.50. The van der Waals surface area contributed by atoms with Crippen LogP contribution in [-0.2, 0) is 6.54 Å². The third-order valence-electron chi connectivity index (χ3n) is 3.52. The van der Waals surface area contributed by atoms with Gasteiger partial charge in [0.15, 0.2) is 5.82 Å². The summed E-state index contributed by atoms with van der Waals surface area (Å²) in [5, 5.41) is 4.14. The van der Waals surface area contributed by atoms with Gasteiger partial charge < -0.3 is 9.51 Å². The summed E-state index contributed by atoms with van der Waals surface area (Å²) in [6, 6.07) is 0.251. The Morgan fingerprint density at radius 3 is 3.11 bits per heavy atom. The van der Waals surface area contributed by atoms with Gasteiger partial charge in [-0.1, -0.05) is 19.0 Å². The number of hydrogen-bond acceptors (Lipinski definition) is 5. The molecule has 2 aromatic heterocycles. The Morgan fingerprint density at radius 1 is 1.53 bits per heavy atom. The van der Waals surface area contributed by atoms with E-state index >= 15 is 0 Å². The third kappa shape index (κ3) is 2.53. The highest BCUT2D eigenvalue weighted by Crippen LogP contribution is 2.31. The molecule has 3 heterocycles. The van der Waals surface area contributed by atoms with Crippen LogP contribution >= 0.6 is 0 Å². The first kappa shape index (κ1) is 12.3. The predicted octanol–water partition coefficient (Wildman–Crippen LogP) is 2.25. The standard InChI is InChI=1S/C13H19N5O/c1-9(2)13-16-12(17-19-13)10-4-3-7-18(10)8-11-14-5-6-15-11/h5-6,9-10H,3-4,7-8H2,1-2H3,(H,14,15)/t10-/m1/s1. The molecule has 1 atom stereocenters. The predicted molar refractivity (Wildman–Crippen MR) is 69.4 cm³/mol. The maximum absolute atomic E-state index is 5.31. The normalized spacial score (nSPS) is 20.5. The summed E-state index contributed by atoms with van der Waals surface area (Å²) in [5.74, 6) is 2.80. The van der Waals surface area contributed by atoms with Crippen molar-refractivity contribution in [2.45, 2.75) is 45.2 Å². The molecule has 0 bridgehead atoms. The highest BCUT2D eigenvalue weighted by atomic mass is 16.5. The van der Waals surface area contributed by atoms with E-state index < -0.39 is 0 Å². The Morgan fingerprint density at radius 2 is 2.42 bits per heavy atom. The summed E-state index contributed by atoms with van der Waals surface area (Å²) in [4.78, 5) is 14.3. The van der Waals surface area contributed by atoms with Crippen molar-refractivity contribution >= 4 is 0 Å². The van der Waals surface area contributed by atoms with Crippen LogP contribution in [0.5, 0.6) is 0 Å². The summed E-state index contributed by atoms with van der Waals surface area (Å²) < 4.78 is 5.31. The van der Waals surface area contributed by atoms with Crippen molar-refractivity contribution in [2.75, 3.05) is 6.54 Å². The number of aromatic nitrogens is 4. The maximum atomic E-state index is 5.31. The zero-order chi connectivity index (χ0) is 13.2. The molecule has 0 aliphatic carbocycles. The zero-order valence-electron chi connectivity index (χ0n) is 11.3. The van der Waals surface area contributed by atoms with Gasteiger partial charge in [0.05, 0.1) is 12.6 Å². The van der Waals surface area contributed by atoms with Gasteiger partial charge in [-0.25, -0.2) is 4.98 Å². The van der Waals surface area contributed by atoms with Gasteiger partial charge in [-0.15, -0.1) is 0 Å². The molecule has 1 aliphatic heterocycles. The van der Waals surface area contributed by atoms with Gasteiger partial charge in [-0.05, 0) is 19.4 Å². The lowest BCUT2D eigenvalue weighted by Crippen LogP contribution is -2.24. The van der Waals surface area contributed by atoms with Crippen LogP contribution in [-0.4, -0.2) is 31.6 Å².